The molecule has 0 aromatic rings. The molecule has 1 heterocycles. The summed E-state index contributed by atoms with van der Waals surface area (Å²) in [4.78, 5) is 23.7. The number of carbonyl (C=O) groups excluding carboxylic acids is 1. The molecule has 0 aromatic carbocycles. The van der Waals surface area contributed by atoms with Gasteiger partial charge in [-0.1, -0.05) is 0 Å². The molecule has 1 fully saturated rings. The highest BCUT2D eigenvalue weighted by Gasteiger charge is 2.42. The Morgan fingerprint density at radius 1 is 1.37 bits per heavy atom. The molecule has 7 nitrogen and oxygen atoms in total. The molecule has 2 amide bonds. The van der Waals surface area contributed by atoms with Crippen molar-refractivity contribution < 1.29 is 24.2 Å². The standard InChI is InChI=1S/C12H22N2O5/c1-12(19-7-10(15)16)8-14(9-12)11(17)13-5-3-4-6-18-2/h3-9H2,1-2H3,(H,13,17)(H,15,16). The van der Waals surface area contributed by atoms with Crippen molar-refractivity contribution in [2.24, 2.45) is 0 Å². The first-order chi connectivity index (χ1) is 8.97. The van der Waals surface area contributed by atoms with Crippen molar-refractivity contribution >= 4 is 12.0 Å². The van der Waals surface area contributed by atoms with Gasteiger partial charge in [0, 0.05) is 20.3 Å². The monoisotopic (exact) mass is 274 g/mol. The van der Waals surface area contributed by atoms with Crippen molar-refractivity contribution in [3.05, 3.63) is 0 Å². The van der Waals surface area contributed by atoms with Gasteiger partial charge in [0.15, 0.2) is 0 Å². The van der Waals surface area contributed by atoms with Crippen LogP contribution in [0, 0.1) is 0 Å². The summed E-state index contributed by atoms with van der Waals surface area (Å²) >= 11 is 0. The van der Waals surface area contributed by atoms with Crippen LogP contribution < -0.4 is 5.32 Å². The Kier molecular flexibility index (Phi) is 6.04. The van der Waals surface area contributed by atoms with E-state index in [-0.39, 0.29) is 12.6 Å². The van der Waals surface area contributed by atoms with E-state index in [1.165, 1.54) is 0 Å². The zero-order chi connectivity index (χ0) is 14.3. The summed E-state index contributed by atoms with van der Waals surface area (Å²) in [5.74, 6) is -0.998. The Morgan fingerprint density at radius 3 is 2.63 bits per heavy atom. The fourth-order valence-electron chi connectivity index (χ4n) is 1.91. The minimum absolute atomic E-state index is 0.131. The second-order valence-corrected chi connectivity index (χ2v) is 4.92. The second kappa shape index (κ2) is 7.30. The molecule has 1 saturated heterocycles. The van der Waals surface area contributed by atoms with Crippen LogP contribution in [-0.2, 0) is 14.3 Å². The number of rotatable bonds is 8. The van der Waals surface area contributed by atoms with E-state index in [1.807, 2.05) is 0 Å². The number of carbonyl (C=O) groups is 2. The third-order valence-corrected chi connectivity index (χ3v) is 2.93. The lowest BCUT2D eigenvalue weighted by atomic mass is 9.97. The van der Waals surface area contributed by atoms with Gasteiger partial charge in [-0.3, -0.25) is 0 Å². The van der Waals surface area contributed by atoms with Gasteiger partial charge in [0.05, 0.1) is 13.1 Å². The molecule has 110 valence electrons. The number of carboxylic acid groups (broad SMARTS) is 1. The van der Waals surface area contributed by atoms with E-state index in [2.05, 4.69) is 5.32 Å². The lowest BCUT2D eigenvalue weighted by Gasteiger charge is -2.46. The molecule has 19 heavy (non-hydrogen) atoms. The average molecular weight is 274 g/mol. The Bertz CT molecular complexity index is 315. The van der Waals surface area contributed by atoms with Crippen LogP contribution in [0.4, 0.5) is 4.79 Å². The number of amides is 2. The van der Waals surface area contributed by atoms with Gasteiger partial charge < -0.3 is 24.8 Å². The Balaban J connectivity index is 2.11. The molecule has 0 saturated carbocycles. The van der Waals surface area contributed by atoms with Crippen molar-refractivity contribution in [1.82, 2.24) is 10.2 Å². The molecule has 1 rings (SSSR count). The summed E-state index contributed by atoms with van der Waals surface area (Å²) < 4.78 is 10.1. The fraction of sp³-hybridized carbons (Fsp3) is 0.833. The highest BCUT2D eigenvalue weighted by Crippen LogP contribution is 2.24. The van der Waals surface area contributed by atoms with Gasteiger partial charge in [0.2, 0.25) is 0 Å². The third-order valence-electron chi connectivity index (χ3n) is 2.93. The van der Waals surface area contributed by atoms with Gasteiger partial charge in [0.1, 0.15) is 12.2 Å². The highest BCUT2D eigenvalue weighted by atomic mass is 16.5. The maximum absolute atomic E-state index is 11.7. The predicted octanol–water partition coefficient (Wildman–Crippen LogP) is 0.298. The van der Waals surface area contributed by atoms with E-state index in [0.717, 1.165) is 12.8 Å². The van der Waals surface area contributed by atoms with Gasteiger partial charge in [-0.05, 0) is 19.8 Å². The van der Waals surface area contributed by atoms with Crippen LogP contribution in [0.15, 0.2) is 0 Å². The number of likely N-dealkylation sites (tertiary alicyclic amines) is 1. The molecule has 0 aromatic heterocycles. The number of hydrogen-bond donors (Lipinski definition) is 2. The van der Waals surface area contributed by atoms with Crippen LogP contribution in [0.25, 0.3) is 0 Å². The number of urea groups is 1. The minimum Gasteiger partial charge on any atom is -0.480 e. The van der Waals surface area contributed by atoms with E-state index in [4.69, 9.17) is 14.6 Å². The number of nitrogens with zero attached hydrogens (tertiary/aromatic N) is 1. The molecule has 0 aliphatic carbocycles. The van der Waals surface area contributed by atoms with Crippen molar-refractivity contribution in [1.29, 1.82) is 0 Å². The molecule has 1 aliphatic rings. The van der Waals surface area contributed by atoms with Gasteiger partial charge in [-0.15, -0.1) is 0 Å². The topological polar surface area (TPSA) is 88.1 Å². The first kappa shape index (κ1) is 15.7. The van der Waals surface area contributed by atoms with Crippen molar-refractivity contribution in [3.8, 4) is 0 Å². The van der Waals surface area contributed by atoms with Gasteiger partial charge in [-0.25, -0.2) is 9.59 Å². The average Bonchev–Trinajstić information content (AvgIpc) is 2.32. The number of methoxy groups -OCH3 is 1. The van der Waals surface area contributed by atoms with Crippen LogP contribution in [0.2, 0.25) is 0 Å². The summed E-state index contributed by atoms with van der Waals surface area (Å²) in [5, 5.41) is 11.3. The van der Waals surface area contributed by atoms with Crippen LogP contribution in [-0.4, -0.2) is 67.6 Å². The number of nitrogens with one attached hydrogen (secondary N) is 1. The number of ether oxygens (including phenoxy) is 2. The molecule has 0 spiro atoms. The molecule has 0 radical (unpaired) electrons. The summed E-state index contributed by atoms with van der Waals surface area (Å²) in [6.45, 7) is 3.63. The predicted molar refractivity (Wildman–Crippen MR) is 68.1 cm³/mol. The van der Waals surface area contributed by atoms with Crippen LogP contribution >= 0.6 is 0 Å². The maximum Gasteiger partial charge on any atom is 0.329 e. The van der Waals surface area contributed by atoms with Crippen LogP contribution in [0.5, 0.6) is 0 Å². The Labute approximate surface area is 112 Å². The highest BCUT2D eigenvalue weighted by molar-refractivity contribution is 5.75. The third kappa shape index (κ3) is 5.44. The van der Waals surface area contributed by atoms with Gasteiger partial charge in [-0.2, -0.15) is 0 Å². The van der Waals surface area contributed by atoms with E-state index in [9.17, 15) is 9.59 Å². The summed E-state index contributed by atoms with van der Waals surface area (Å²) in [6, 6.07) is -0.131. The molecule has 0 unspecified atom stereocenters. The Hall–Kier alpha value is -1.34. The lowest BCUT2D eigenvalue weighted by molar-refractivity contribution is -0.159. The van der Waals surface area contributed by atoms with Crippen molar-refractivity contribution in [2.45, 2.75) is 25.4 Å². The van der Waals surface area contributed by atoms with Crippen LogP contribution in [0.3, 0.4) is 0 Å². The maximum atomic E-state index is 11.7. The molecule has 7 heteroatoms. The Morgan fingerprint density at radius 2 is 2.05 bits per heavy atom. The fourth-order valence-corrected chi connectivity index (χ4v) is 1.91. The van der Waals surface area contributed by atoms with E-state index in [0.29, 0.717) is 26.2 Å². The summed E-state index contributed by atoms with van der Waals surface area (Å²) in [5.41, 5.74) is -0.536. The number of hydrogen-bond acceptors (Lipinski definition) is 4. The molecular formula is C12H22N2O5. The van der Waals surface area contributed by atoms with Gasteiger partial charge >= 0.3 is 12.0 Å². The zero-order valence-corrected chi connectivity index (χ0v) is 11.5. The van der Waals surface area contributed by atoms with Crippen molar-refractivity contribution in [3.63, 3.8) is 0 Å². The van der Waals surface area contributed by atoms with Gasteiger partial charge in [0.25, 0.3) is 0 Å². The molecular weight excluding hydrogens is 252 g/mol. The van der Waals surface area contributed by atoms with Crippen molar-refractivity contribution in [2.75, 3.05) is 40.0 Å². The minimum atomic E-state index is -0.998. The lowest BCUT2D eigenvalue weighted by Crippen LogP contribution is -2.65. The SMILES string of the molecule is COCCCCNC(=O)N1CC(C)(OCC(=O)O)C1. The second-order valence-electron chi connectivity index (χ2n) is 4.92. The normalized spacial score (nSPS) is 16.8. The first-order valence-corrected chi connectivity index (χ1v) is 6.34. The first-order valence-electron chi connectivity index (χ1n) is 6.34. The van der Waals surface area contributed by atoms with Crippen LogP contribution in [0.1, 0.15) is 19.8 Å². The quantitative estimate of drug-likeness (QED) is 0.621. The molecule has 0 bridgehead atoms. The summed E-state index contributed by atoms with van der Waals surface area (Å²) in [6.07, 6.45) is 1.79. The molecule has 1 aliphatic heterocycles. The number of aliphatic carboxylic acids is 1. The smallest absolute Gasteiger partial charge is 0.329 e. The number of unbranched alkanes of at least 4 members (excludes halogenated alkanes) is 1. The van der Waals surface area contributed by atoms with E-state index in [1.54, 1.807) is 18.9 Å². The molecule has 0 atom stereocenters. The zero-order valence-electron chi connectivity index (χ0n) is 11.5. The van der Waals surface area contributed by atoms with E-state index < -0.39 is 11.6 Å². The van der Waals surface area contributed by atoms with E-state index >= 15 is 0 Å². The largest absolute Gasteiger partial charge is 0.480 e. The summed E-state index contributed by atoms with van der Waals surface area (Å²) in [7, 11) is 1.65. The number of carboxylic acids is 1. The molecule has 2 N–H and O–H groups in total.